The molecule has 0 aliphatic carbocycles. The molecular weight excluding hydrogens is 463 g/mol. The Kier molecular flexibility index (Phi) is 8.56. The van der Waals surface area contributed by atoms with Gasteiger partial charge in [0, 0.05) is 0 Å². The van der Waals surface area contributed by atoms with Crippen molar-refractivity contribution in [1.29, 1.82) is 0 Å². The van der Waals surface area contributed by atoms with Gasteiger partial charge >= 0.3 is 11.9 Å². The number of rotatable bonds is 6. The number of nitrogen functional groups attached to an aromatic ring is 2. The Morgan fingerprint density at radius 2 is 1.09 bits per heavy atom. The van der Waals surface area contributed by atoms with Crippen LogP contribution in [0.5, 0.6) is 11.5 Å². The number of nitrogens with two attached hydrogens (primary N) is 2. The molecule has 2 rings (SSSR count). The van der Waals surface area contributed by atoms with E-state index in [0.29, 0.717) is 24.0 Å². The van der Waals surface area contributed by atoms with Crippen molar-refractivity contribution in [2.45, 2.75) is 26.7 Å². The van der Waals surface area contributed by atoms with Crippen molar-refractivity contribution in [2.24, 2.45) is 11.7 Å². The Labute approximate surface area is 193 Å². The topological polar surface area (TPSA) is 163 Å². The van der Waals surface area contributed by atoms with Gasteiger partial charge in [0.25, 0.3) is 11.8 Å². The van der Waals surface area contributed by atoms with E-state index in [1.54, 1.807) is 26.0 Å². The summed E-state index contributed by atoms with van der Waals surface area (Å²) in [6, 6.07) is 5.78. The molecule has 0 heterocycles. The number of halogens is 2. The third-order valence-corrected chi connectivity index (χ3v) is 5.25. The maximum atomic E-state index is 12.5. The largest absolute Gasteiger partial charge is 0.423 e. The molecule has 10 nitrogen and oxygen atoms in total. The highest BCUT2D eigenvalue weighted by atomic mass is 35.5. The molecule has 2 aromatic carbocycles. The maximum absolute atomic E-state index is 12.5. The quantitative estimate of drug-likeness (QED) is 0.121. The summed E-state index contributed by atoms with van der Waals surface area (Å²) in [6.45, 7) is 3.58. The highest BCUT2D eigenvalue weighted by Gasteiger charge is 2.28. The lowest BCUT2D eigenvalue weighted by Gasteiger charge is -2.15. The molecule has 170 valence electrons. The van der Waals surface area contributed by atoms with Crippen LogP contribution in [0.2, 0.25) is 10.0 Å². The summed E-state index contributed by atoms with van der Waals surface area (Å²) in [4.78, 5) is 49.0. The van der Waals surface area contributed by atoms with Crippen molar-refractivity contribution in [3.8, 4) is 11.5 Å². The summed E-state index contributed by atoms with van der Waals surface area (Å²) in [5.41, 5.74) is 4.55. The van der Waals surface area contributed by atoms with Crippen LogP contribution in [0.3, 0.4) is 0 Å². The molecule has 32 heavy (non-hydrogen) atoms. The predicted molar refractivity (Wildman–Crippen MR) is 116 cm³/mol. The number of hydrogen-bond donors (Lipinski definition) is 4. The van der Waals surface area contributed by atoms with E-state index in [1.807, 2.05) is 10.9 Å². The maximum Gasteiger partial charge on any atom is 0.423 e. The second-order valence-electron chi connectivity index (χ2n) is 6.26. The van der Waals surface area contributed by atoms with Gasteiger partial charge < -0.3 is 9.47 Å². The van der Waals surface area contributed by atoms with Gasteiger partial charge in [0.2, 0.25) is 0 Å². The van der Waals surface area contributed by atoms with E-state index in [9.17, 15) is 19.2 Å². The predicted octanol–water partition coefficient (Wildman–Crippen LogP) is 1.84. The molecule has 0 saturated carbocycles. The van der Waals surface area contributed by atoms with Gasteiger partial charge in [-0.05, 0) is 36.1 Å². The summed E-state index contributed by atoms with van der Waals surface area (Å²) >= 11 is 12.5. The first-order chi connectivity index (χ1) is 15.2. The molecule has 0 aromatic heterocycles. The standard InChI is InChI=1S/C20H20Cl2N4O6/c1-3-9-5-7-11(17(27)25-23)15(13(9)21)31-19(29)20(30)32-16-12(18(28)26-24)8-6-10(4-2)14(16)22/h5-8H,3-4,23-24H2,1-2H3,(H,25,27)(H,26,28). The minimum atomic E-state index is -1.51. The van der Waals surface area contributed by atoms with E-state index in [4.69, 9.17) is 44.4 Å². The zero-order valence-corrected chi connectivity index (χ0v) is 18.6. The molecule has 0 atom stereocenters. The van der Waals surface area contributed by atoms with E-state index in [-0.39, 0.29) is 32.7 Å². The van der Waals surface area contributed by atoms with E-state index in [0.717, 1.165) is 0 Å². The number of benzene rings is 2. The van der Waals surface area contributed by atoms with Crippen LogP contribution in [0, 0.1) is 0 Å². The molecule has 0 aliphatic rings. The third-order valence-electron chi connectivity index (χ3n) is 4.42. The zero-order valence-electron chi connectivity index (χ0n) is 17.1. The van der Waals surface area contributed by atoms with Crippen molar-refractivity contribution < 1.29 is 28.7 Å². The molecule has 0 fully saturated rings. The lowest BCUT2D eigenvalue weighted by atomic mass is 10.1. The lowest BCUT2D eigenvalue weighted by molar-refractivity contribution is -0.156. The van der Waals surface area contributed by atoms with Crippen molar-refractivity contribution in [1.82, 2.24) is 10.9 Å². The Bertz CT molecular complexity index is 1000. The number of hydrazine groups is 2. The SMILES string of the molecule is CCc1ccc(C(=O)NN)c(OC(=O)C(=O)Oc2c(C(=O)NN)ccc(CC)c2Cl)c1Cl. The van der Waals surface area contributed by atoms with Crippen LogP contribution in [0.15, 0.2) is 24.3 Å². The van der Waals surface area contributed by atoms with Crippen LogP contribution in [-0.4, -0.2) is 23.8 Å². The number of hydrogen-bond acceptors (Lipinski definition) is 8. The number of aryl methyl sites for hydroxylation is 2. The van der Waals surface area contributed by atoms with E-state index in [1.165, 1.54) is 12.1 Å². The molecule has 0 saturated heterocycles. The number of ether oxygens (including phenoxy) is 2. The molecule has 0 bridgehead atoms. The fraction of sp³-hybridized carbons (Fsp3) is 0.200. The van der Waals surface area contributed by atoms with Crippen LogP contribution in [0.1, 0.15) is 45.7 Å². The third kappa shape index (κ3) is 5.17. The summed E-state index contributed by atoms with van der Waals surface area (Å²) in [5.74, 6) is 4.94. The minimum Gasteiger partial charge on any atom is -0.416 e. The number of esters is 2. The fourth-order valence-corrected chi connectivity index (χ4v) is 3.40. The number of carbonyl (C=O) groups excluding carboxylic acids is 4. The summed E-state index contributed by atoms with van der Waals surface area (Å²) in [7, 11) is 0. The van der Waals surface area contributed by atoms with Gasteiger partial charge in [-0.3, -0.25) is 20.4 Å². The fourth-order valence-electron chi connectivity index (χ4n) is 2.72. The smallest absolute Gasteiger partial charge is 0.416 e. The molecule has 0 radical (unpaired) electrons. The lowest BCUT2D eigenvalue weighted by Crippen LogP contribution is -2.33. The second-order valence-corrected chi connectivity index (χ2v) is 7.02. The average Bonchev–Trinajstić information content (AvgIpc) is 2.80. The van der Waals surface area contributed by atoms with Gasteiger partial charge in [-0.2, -0.15) is 0 Å². The molecule has 0 aliphatic heterocycles. The van der Waals surface area contributed by atoms with Gasteiger partial charge in [-0.1, -0.05) is 49.2 Å². The van der Waals surface area contributed by atoms with Gasteiger partial charge in [-0.15, -0.1) is 0 Å². The Morgan fingerprint density at radius 3 is 1.38 bits per heavy atom. The van der Waals surface area contributed by atoms with Crippen LogP contribution in [0.4, 0.5) is 0 Å². The van der Waals surface area contributed by atoms with Gasteiger partial charge in [0.1, 0.15) is 0 Å². The molecule has 2 amide bonds. The Balaban J connectivity index is 2.41. The van der Waals surface area contributed by atoms with Gasteiger partial charge in [0.05, 0.1) is 21.2 Å². The molecule has 2 aromatic rings. The van der Waals surface area contributed by atoms with Crippen molar-refractivity contribution in [2.75, 3.05) is 0 Å². The molecular formula is C20H20Cl2N4O6. The van der Waals surface area contributed by atoms with E-state index < -0.39 is 23.8 Å². The Morgan fingerprint density at radius 1 is 0.750 bits per heavy atom. The molecule has 0 spiro atoms. The number of amides is 2. The van der Waals surface area contributed by atoms with Crippen molar-refractivity contribution >= 4 is 47.0 Å². The van der Waals surface area contributed by atoms with Crippen LogP contribution < -0.4 is 32.0 Å². The summed E-state index contributed by atoms with van der Waals surface area (Å²) in [5, 5.41) is -0.104. The van der Waals surface area contributed by atoms with E-state index >= 15 is 0 Å². The number of carbonyl (C=O) groups is 4. The van der Waals surface area contributed by atoms with Gasteiger partial charge in [-0.25, -0.2) is 21.3 Å². The van der Waals surface area contributed by atoms with Crippen LogP contribution >= 0.6 is 23.2 Å². The highest BCUT2D eigenvalue weighted by Crippen LogP contribution is 2.35. The first-order valence-corrected chi connectivity index (χ1v) is 10.0. The van der Waals surface area contributed by atoms with Crippen molar-refractivity contribution in [3.63, 3.8) is 0 Å². The summed E-state index contributed by atoms with van der Waals surface area (Å²) in [6.07, 6.45) is 0.907. The highest BCUT2D eigenvalue weighted by molar-refractivity contribution is 6.36. The summed E-state index contributed by atoms with van der Waals surface area (Å²) < 4.78 is 10.1. The molecule has 6 N–H and O–H groups in total. The zero-order chi connectivity index (χ0) is 24.0. The number of nitrogens with one attached hydrogen (secondary N) is 2. The minimum absolute atomic E-state index is 0.0519. The van der Waals surface area contributed by atoms with E-state index in [2.05, 4.69) is 0 Å². The van der Waals surface area contributed by atoms with Crippen molar-refractivity contribution in [3.05, 3.63) is 56.6 Å². The van der Waals surface area contributed by atoms with Crippen LogP contribution in [-0.2, 0) is 22.4 Å². The second kappa shape index (κ2) is 10.9. The first kappa shape index (κ1) is 25.1. The monoisotopic (exact) mass is 482 g/mol. The molecule has 12 heteroatoms. The van der Waals surface area contributed by atoms with Gasteiger partial charge in [0.15, 0.2) is 11.5 Å². The Hall–Kier alpha value is -3.18. The average molecular weight is 483 g/mol. The molecule has 0 unspecified atom stereocenters. The normalized spacial score (nSPS) is 10.3. The first-order valence-electron chi connectivity index (χ1n) is 9.28. The van der Waals surface area contributed by atoms with Crippen LogP contribution in [0.25, 0.3) is 0 Å².